The smallest absolute Gasteiger partial charge is 0.342 e. The molecule has 2 aliphatic heterocycles. The topological polar surface area (TPSA) is 123 Å². The Morgan fingerprint density at radius 3 is 2.84 bits per heavy atom. The fourth-order valence-corrected chi connectivity index (χ4v) is 6.28. The average Bonchev–Trinajstić information content (AvgIpc) is 3.49. The molecule has 10 nitrogen and oxygen atoms in total. The molecule has 0 bridgehead atoms. The summed E-state index contributed by atoms with van der Waals surface area (Å²) in [6.07, 6.45) is 8.12. The van der Waals surface area contributed by atoms with E-state index in [1.54, 1.807) is 6.07 Å². The maximum absolute atomic E-state index is 11.6. The highest BCUT2D eigenvalue weighted by Gasteiger charge is 2.28. The van der Waals surface area contributed by atoms with Gasteiger partial charge >= 0.3 is 5.97 Å². The highest BCUT2D eigenvalue weighted by Crippen LogP contribution is 2.35. The second-order valence-electron chi connectivity index (χ2n) is 11.2. The van der Waals surface area contributed by atoms with E-state index in [1.807, 2.05) is 18.2 Å². The van der Waals surface area contributed by atoms with Crippen molar-refractivity contribution in [2.75, 3.05) is 26.9 Å². The van der Waals surface area contributed by atoms with E-state index in [2.05, 4.69) is 35.1 Å². The molecule has 1 N–H and O–H groups in total. The quantitative estimate of drug-likeness (QED) is 0.389. The lowest BCUT2D eigenvalue weighted by Gasteiger charge is -2.38. The Hall–Kier alpha value is -4.46. The van der Waals surface area contributed by atoms with Gasteiger partial charge < -0.3 is 19.3 Å². The lowest BCUT2D eigenvalue weighted by atomic mass is 9.91. The van der Waals surface area contributed by atoms with Gasteiger partial charge in [0.05, 0.1) is 30.6 Å². The van der Waals surface area contributed by atoms with Crippen LogP contribution in [0.25, 0.3) is 11.4 Å². The van der Waals surface area contributed by atoms with Crippen LogP contribution in [-0.2, 0) is 29.0 Å². The molecule has 1 saturated heterocycles. The van der Waals surface area contributed by atoms with Crippen molar-refractivity contribution in [3.05, 3.63) is 87.4 Å². The summed E-state index contributed by atoms with van der Waals surface area (Å²) in [5.74, 6) is 0.196. The van der Waals surface area contributed by atoms with Gasteiger partial charge in [-0.05, 0) is 79.5 Å². The number of nitriles is 1. The summed E-state index contributed by atoms with van der Waals surface area (Å²) in [7, 11) is 1.41. The molecule has 43 heavy (non-hydrogen) atoms. The number of carbonyl (C=O) groups is 1. The van der Waals surface area contributed by atoms with Gasteiger partial charge in [0.25, 0.3) is 0 Å². The fourth-order valence-electron chi connectivity index (χ4n) is 6.28. The number of carboxylic acids is 1. The van der Waals surface area contributed by atoms with Crippen molar-refractivity contribution in [2.24, 2.45) is 0 Å². The summed E-state index contributed by atoms with van der Waals surface area (Å²) in [5.41, 5.74) is 6.72. The van der Waals surface area contributed by atoms with Crippen LogP contribution in [-0.4, -0.2) is 63.7 Å². The number of aromatic nitrogens is 3. The summed E-state index contributed by atoms with van der Waals surface area (Å²) in [5, 5.41) is 23.7. The van der Waals surface area contributed by atoms with E-state index < -0.39 is 5.97 Å². The van der Waals surface area contributed by atoms with Crippen molar-refractivity contribution in [2.45, 2.75) is 58.2 Å². The molecule has 1 fully saturated rings. The van der Waals surface area contributed by atoms with Crippen LogP contribution < -0.4 is 4.74 Å². The van der Waals surface area contributed by atoms with Crippen LogP contribution in [0.4, 0.5) is 0 Å². The van der Waals surface area contributed by atoms with Gasteiger partial charge in [-0.2, -0.15) is 15.0 Å². The van der Waals surface area contributed by atoms with Crippen molar-refractivity contribution < 1.29 is 24.1 Å². The second kappa shape index (κ2) is 12.4. The molecule has 0 spiro atoms. The van der Waals surface area contributed by atoms with Gasteiger partial charge in [-0.25, -0.2) is 9.78 Å². The van der Waals surface area contributed by atoms with Crippen molar-refractivity contribution in [3.8, 4) is 17.8 Å². The van der Waals surface area contributed by atoms with Crippen LogP contribution in [0.3, 0.4) is 0 Å². The number of allylic oxidation sites excluding steroid dienone is 3. The minimum absolute atomic E-state index is 0.0376. The first-order chi connectivity index (χ1) is 21.0. The Kier molecular flexibility index (Phi) is 8.27. The Morgan fingerprint density at radius 1 is 1.23 bits per heavy atom. The minimum atomic E-state index is -1.12. The lowest BCUT2D eigenvalue weighted by Crippen LogP contribution is -2.42. The molecular formula is C33H35N5O5. The highest BCUT2D eigenvalue weighted by molar-refractivity contribution is 5.90. The number of ether oxygens (including phenoxy) is 3. The van der Waals surface area contributed by atoms with Gasteiger partial charge in [0, 0.05) is 37.9 Å². The fraction of sp³-hybridized carbons (Fsp3) is 0.394. The van der Waals surface area contributed by atoms with Gasteiger partial charge in [0.2, 0.25) is 5.88 Å². The Labute approximate surface area is 250 Å². The second-order valence-corrected chi connectivity index (χ2v) is 11.2. The first-order valence-corrected chi connectivity index (χ1v) is 14.7. The third-order valence-corrected chi connectivity index (χ3v) is 8.52. The number of hydrogen-bond donors (Lipinski definition) is 1. The molecule has 3 aromatic rings. The highest BCUT2D eigenvalue weighted by atomic mass is 16.5. The van der Waals surface area contributed by atoms with E-state index in [4.69, 9.17) is 19.2 Å². The lowest BCUT2D eigenvalue weighted by molar-refractivity contribution is 0.0290. The molecular weight excluding hydrogens is 546 g/mol. The van der Waals surface area contributed by atoms with Crippen LogP contribution in [0.1, 0.15) is 70.9 Å². The number of methoxy groups -OCH3 is 1. The summed E-state index contributed by atoms with van der Waals surface area (Å²) < 4.78 is 18.8. The average molecular weight is 582 g/mol. The molecule has 10 heteroatoms. The molecule has 222 valence electrons. The zero-order valence-corrected chi connectivity index (χ0v) is 24.5. The van der Waals surface area contributed by atoms with E-state index in [0.29, 0.717) is 24.2 Å². The molecule has 0 radical (unpaired) electrons. The van der Waals surface area contributed by atoms with Crippen LogP contribution >= 0.6 is 0 Å². The molecule has 4 heterocycles. The third-order valence-electron chi connectivity index (χ3n) is 8.52. The van der Waals surface area contributed by atoms with Gasteiger partial charge in [0.15, 0.2) is 5.82 Å². The van der Waals surface area contributed by atoms with Crippen LogP contribution in [0.5, 0.6) is 5.88 Å². The SMILES string of the molecule is COc1c(C(=O)O)cnn1-c1cccc(C2=CCCC(C)=C2OCc2cc(C#N)c3c(c2)CCN(C2CCOCC2)C3)n1. The number of rotatable bonds is 8. The molecule has 6 rings (SSSR count). The summed E-state index contributed by atoms with van der Waals surface area (Å²) in [4.78, 5) is 18.9. The number of benzene rings is 1. The first-order valence-electron chi connectivity index (χ1n) is 14.7. The van der Waals surface area contributed by atoms with Gasteiger partial charge in [-0.15, -0.1) is 0 Å². The van der Waals surface area contributed by atoms with Crippen LogP contribution in [0.2, 0.25) is 0 Å². The van der Waals surface area contributed by atoms with Crippen molar-refractivity contribution in [1.82, 2.24) is 19.7 Å². The normalized spacial score (nSPS) is 17.7. The van der Waals surface area contributed by atoms with Crippen molar-refractivity contribution >= 4 is 11.5 Å². The maximum atomic E-state index is 11.6. The zero-order chi connectivity index (χ0) is 29.9. The van der Waals surface area contributed by atoms with Gasteiger partial charge in [-0.3, -0.25) is 4.90 Å². The number of nitrogens with zero attached hydrogens (tertiary/aromatic N) is 5. The van der Waals surface area contributed by atoms with E-state index in [-0.39, 0.29) is 11.4 Å². The predicted octanol–water partition coefficient (Wildman–Crippen LogP) is 5.05. The van der Waals surface area contributed by atoms with Crippen LogP contribution in [0.15, 0.2) is 53.9 Å². The zero-order valence-electron chi connectivity index (χ0n) is 24.5. The summed E-state index contributed by atoms with van der Waals surface area (Å²) in [6, 6.07) is 12.6. The minimum Gasteiger partial charge on any atom is -0.488 e. The standard InChI is InChI=1S/C33H35N5O5/c1-21-5-3-6-26(29-7-4-8-30(36-29)38-32(41-2)27(18-35-38)33(39)40)31(21)43-20-22-15-23-9-12-37(25-10-13-42-14-11-25)19-28(23)24(16-22)17-34/h4,6-8,15-16,18,25H,3,5,9-14,19-20H2,1-2H3,(H,39,40). The van der Waals surface area contributed by atoms with E-state index in [0.717, 1.165) is 92.0 Å². The third kappa shape index (κ3) is 5.78. The van der Waals surface area contributed by atoms with Gasteiger partial charge in [-0.1, -0.05) is 18.2 Å². The number of pyridine rings is 1. The number of aromatic carboxylic acids is 1. The largest absolute Gasteiger partial charge is 0.488 e. The van der Waals surface area contributed by atoms with E-state index in [1.165, 1.54) is 23.6 Å². The molecule has 0 amide bonds. The Morgan fingerprint density at radius 2 is 2.07 bits per heavy atom. The van der Waals surface area contributed by atoms with Crippen LogP contribution in [0, 0.1) is 11.3 Å². The van der Waals surface area contributed by atoms with E-state index in [9.17, 15) is 15.2 Å². The molecule has 3 aliphatic rings. The molecule has 1 aliphatic carbocycles. The summed E-state index contributed by atoms with van der Waals surface area (Å²) >= 11 is 0. The number of carboxylic acid groups (broad SMARTS) is 1. The first kappa shape index (κ1) is 28.6. The molecule has 1 aromatic carbocycles. The van der Waals surface area contributed by atoms with E-state index >= 15 is 0 Å². The molecule has 0 atom stereocenters. The predicted molar refractivity (Wildman–Crippen MR) is 159 cm³/mol. The Bertz CT molecular complexity index is 1640. The molecule has 0 unspecified atom stereocenters. The molecule has 2 aromatic heterocycles. The Balaban J connectivity index is 1.22. The maximum Gasteiger partial charge on any atom is 0.342 e. The summed E-state index contributed by atoms with van der Waals surface area (Å²) in [6.45, 7) is 5.82. The van der Waals surface area contributed by atoms with Crippen molar-refractivity contribution in [1.29, 1.82) is 5.26 Å². The van der Waals surface area contributed by atoms with Crippen molar-refractivity contribution in [3.63, 3.8) is 0 Å². The monoisotopic (exact) mass is 581 g/mol. The number of hydrogen-bond acceptors (Lipinski definition) is 8. The number of fused-ring (bicyclic) bond motifs is 1. The molecule has 0 saturated carbocycles. The van der Waals surface area contributed by atoms with Gasteiger partial charge in [0.1, 0.15) is 17.9 Å².